The molecule has 5 amide bonds. The number of carboxylic acids is 1. The minimum atomic E-state index is -1.22. The molecule has 1 aliphatic heterocycles. The monoisotopic (exact) mass is 489 g/mol. The van der Waals surface area contributed by atoms with Crippen molar-refractivity contribution in [1.82, 2.24) is 26.2 Å². The summed E-state index contributed by atoms with van der Waals surface area (Å²) in [5, 5.41) is 17.7. The van der Waals surface area contributed by atoms with E-state index in [1.165, 1.54) is 0 Å². The highest BCUT2D eigenvalue weighted by atomic mass is 32.2. The maximum atomic E-state index is 12.7. The lowest BCUT2D eigenvalue weighted by atomic mass is 10.1. The molecule has 33 heavy (non-hydrogen) atoms. The van der Waals surface area contributed by atoms with Crippen molar-refractivity contribution < 1.29 is 38.6 Å². The second kappa shape index (κ2) is 13.5. The number of alkyl carbamates (subject to hydrolysis) is 1. The number of carbonyl (C=O) groups is 6. The quantitative estimate of drug-likeness (QED) is 0.234. The fourth-order valence-corrected chi connectivity index (χ4v) is 3.49. The summed E-state index contributed by atoms with van der Waals surface area (Å²) in [7, 11) is 0. The molecule has 0 spiro atoms. The number of nitrogens with one attached hydrogen (secondary N) is 4. The molecule has 0 aromatic carbocycles. The SMILES string of the molecule is CC(C)(C)OC(=O)N[C@@H](CCC(=O)NCC(=O)NCC(=O)NCC(=O)O)C(=O)N1CCSC1. The third kappa shape index (κ3) is 12.6. The molecule has 1 atom stereocenters. The standard InChI is InChI=1S/C19H31N5O8S/c1-19(2,3)32-18(31)23-12(17(30)24-6-7-33-11-24)4-5-13(25)20-8-14(26)21-9-15(27)22-10-16(28)29/h12H,4-11H2,1-3H3,(H,20,25)(H,21,26)(H,22,27)(H,23,31)(H,28,29)/t12-/m0/s1. The van der Waals surface area contributed by atoms with Crippen LogP contribution in [0.4, 0.5) is 4.79 Å². The van der Waals surface area contributed by atoms with Crippen molar-refractivity contribution >= 4 is 47.5 Å². The summed E-state index contributed by atoms with van der Waals surface area (Å²) in [6.07, 6.45) is -0.905. The van der Waals surface area contributed by atoms with Gasteiger partial charge < -0.3 is 36.0 Å². The van der Waals surface area contributed by atoms with E-state index >= 15 is 0 Å². The van der Waals surface area contributed by atoms with Crippen LogP contribution in [0.2, 0.25) is 0 Å². The Morgan fingerprint density at radius 1 is 0.970 bits per heavy atom. The highest BCUT2D eigenvalue weighted by molar-refractivity contribution is 7.99. The third-order valence-corrected chi connectivity index (χ3v) is 5.01. The molecule has 0 saturated carbocycles. The van der Waals surface area contributed by atoms with Gasteiger partial charge in [0, 0.05) is 18.7 Å². The molecule has 186 valence electrons. The van der Waals surface area contributed by atoms with Gasteiger partial charge in [0.15, 0.2) is 0 Å². The molecule has 1 fully saturated rings. The summed E-state index contributed by atoms with van der Waals surface area (Å²) < 4.78 is 5.20. The lowest BCUT2D eigenvalue weighted by Gasteiger charge is -2.25. The number of carbonyl (C=O) groups excluding carboxylic acids is 5. The van der Waals surface area contributed by atoms with Crippen LogP contribution in [0, 0.1) is 0 Å². The number of carboxylic acid groups (broad SMARTS) is 1. The molecule has 1 heterocycles. The van der Waals surface area contributed by atoms with E-state index in [2.05, 4.69) is 21.3 Å². The van der Waals surface area contributed by atoms with Gasteiger partial charge >= 0.3 is 12.1 Å². The van der Waals surface area contributed by atoms with Crippen LogP contribution in [0.5, 0.6) is 0 Å². The smallest absolute Gasteiger partial charge is 0.408 e. The average Bonchev–Trinajstić information content (AvgIpc) is 3.25. The number of hydrogen-bond acceptors (Lipinski definition) is 8. The summed E-state index contributed by atoms with van der Waals surface area (Å²) in [4.78, 5) is 72.0. The summed E-state index contributed by atoms with van der Waals surface area (Å²) >= 11 is 1.58. The Kier molecular flexibility index (Phi) is 11.5. The summed E-state index contributed by atoms with van der Waals surface area (Å²) in [6.45, 7) is 4.19. The van der Waals surface area contributed by atoms with Crippen LogP contribution >= 0.6 is 11.8 Å². The van der Waals surface area contributed by atoms with Gasteiger partial charge in [0.1, 0.15) is 18.2 Å². The van der Waals surface area contributed by atoms with Gasteiger partial charge in [-0.2, -0.15) is 0 Å². The van der Waals surface area contributed by atoms with Crippen LogP contribution in [0.1, 0.15) is 33.6 Å². The Labute approximate surface area is 195 Å². The number of hydrogen-bond donors (Lipinski definition) is 5. The summed E-state index contributed by atoms with van der Waals surface area (Å²) in [5.41, 5.74) is -0.754. The summed E-state index contributed by atoms with van der Waals surface area (Å²) in [6, 6.07) is -0.962. The lowest BCUT2D eigenvalue weighted by molar-refractivity contribution is -0.138. The molecule has 0 aromatic heterocycles. The van der Waals surface area contributed by atoms with E-state index in [4.69, 9.17) is 9.84 Å². The molecule has 1 rings (SSSR count). The number of aliphatic carboxylic acids is 1. The first kappa shape index (κ1) is 28.0. The highest BCUT2D eigenvalue weighted by Gasteiger charge is 2.30. The Balaban J connectivity index is 2.48. The second-order valence-electron chi connectivity index (χ2n) is 8.10. The average molecular weight is 490 g/mol. The van der Waals surface area contributed by atoms with Gasteiger partial charge in [0.05, 0.1) is 19.0 Å². The number of nitrogens with zero attached hydrogens (tertiary/aromatic N) is 1. The maximum absolute atomic E-state index is 12.7. The predicted octanol–water partition coefficient (Wildman–Crippen LogP) is -1.37. The van der Waals surface area contributed by atoms with E-state index in [1.807, 2.05) is 0 Å². The van der Waals surface area contributed by atoms with Gasteiger partial charge in [0.25, 0.3) is 0 Å². The first-order valence-electron chi connectivity index (χ1n) is 10.3. The first-order chi connectivity index (χ1) is 15.4. The van der Waals surface area contributed by atoms with Crippen molar-refractivity contribution in [3.05, 3.63) is 0 Å². The second-order valence-corrected chi connectivity index (χ2v) is 9.18. The van der Waals surface area contributed by atoms with Gasteiger partial charge in [-0.15, -0.1) is 11.8 Å². The fourth-order valence-electron chi connectivity index (χ4n) is 2.54. The van der Waals surface area contributed by atoms with E-state index in [9.17, 15) is 28.8 Å². The van der Waals surface area contributed by atoms with Gasteiger partial charge in [-0.05, 0) is 27.2 Å². The number of thioether (sulfide) groups is 1. The van der Waals surface area contributed by atoms with E-state index < -0.39 is 61.1 Å². The first-order valence-corrected chi connectivity index (χ1v) is 11.4. The molecule has 14 heteroatoms. The van der Waals surface area contributed by atoms with Crippen LogP contribution in [0.25, 0.3) is 0 Å². The minimum absolute atomic E-state index is 0.00426. The number of ether oxygens (including phenoxy) is 1. The van der Waals surface area contributed by atoms with Crippen LogP contribution in [-0.2, 0) is 28.7 Å². The molecule has 0 bridgehead atoms. The third-order valence-electron chi connectivity index (χ3n) is 4.04. The molecule has 0 aliphatic carbocycles. The van der Waals surface area contributed by atoms with E-state index in [0.717, 1.165) is 5.75 Å². The van der Waals surface area contributed by atoms with Crippen molar-refractivity contribution in [3.63, 3.8) is 0 Å². The maximum Gasteiger partial charge on any atom is 0.408 e. The molecule has 1 aliphatic rings. The van der Waals surface area contributed by atoms with Gasteiger partial charge in [-0.3, -0.25) is 24.0 Å². The summed E-state index contributed by atoms with van der Waals surface area (Å²) in [5.74, 6) is -2.12. The highest BCUT2D eigenvalue weighted by Crippen LogP contribution is 2.16. The molecule has 5 N–H and O–H groups in total. The zero-order chi connectivity index (χ0) is 25.0. The largest absolute Gasteiger partial charge is 0.480 e. The Morgan fingerprint density at radius 3 is 2.06 bits per heavy atom. The molecular formula is C19H31N5O8S. The van der Waals surface area contributed by atoms with Crippen molar-refractivity contribution in [3.8, 4) is 0 Å². The van der Waals surface area contributed by atoms with Gasteiger partial charge in [0.2, 0.25) is 23.6 Å². The fraction of sp³-hybridized carbons (Fsp3) is 0.684. The van der Waals surface area contributed by atoms with E-state index in [0.29, 0.717) is 12.4 Å². The number of rotatable bonds is 11. The van der Waals surface area contributed by atoms with E-state index in [-0.39, 0.29) is 18.7 Å². The van der Waals surface area contributed by atoms with Crippen LogP contribution < -0.4 is 21.3 Å². The Bertz CT molecular complexity index is 749. The predicted molar refractivity (Wildman–Crippen MR) is 118 cm³/mol. The van der Waals surface area contributed by atoms with Crippen molar-refractivity contribution in [2.45, 2.75) is 45.3 Å². The topological polar surface area (TPSA) is 183 Å². The molecule has 0 unspecified atom stereocenters. The molecule has 1 saturated heterocycles. The number of amides is 5. The lowest BCUT2D eigenvalue weighted by Crippen LogP contribution is -2.49. The molecule has 13 nitrogen and oxygen atoms in total. The normalized spacial score (nSPS) is 14.1. The van der Waals surface area contributed by atoms with Crippen molar-refractivity contribution in [2.75, 3.05) is 37.8 Å². The molecule has 0 aromatic rings. The van der Waals surface area contributed by atoms with Gasteiger partial charge in [-0.1, -0.05) is 0 Å². The minimum Gasteiger partial charge on any atom is -0.480 e. The van der Waals surface area contributed by atoms with E-state index in [1.54, 1.807) is 37.4 Å². The van der Waals surface area contributed by atoms with Crippen LogP contribution in [-0.4, -0.2) is 95.1 Å². The zero-order valence-corrected chi connectivity index (χ0v) is 19.7. The Hall–Kier alpha value is -3.03. The van der Waals surface area contributed by atoms with Crippen LogP contribution in [0.15, 0.2) is 0 Å². The van der Waals surface area contributed by atoms with Crippen molar-refractivity contribution in [1.29, 1.82) is 0 Å². The van der Waals surface area contributed by atoms with Gasteiger partial charge in [-0.25, -0.2) is 4.79 Å². The molecule has 0 radical (unpaired) electrons. The van der Waals surface area contributed by atoms with Crippen LogP contribution in [0.3, 0.4) is 0 Å². The molecular weight excluding hydrogens is 458 g/mol. The van der Waals surface area contributed by atoms with Crippen molar-refractivity contribution in [2.24, 2.45) is 0 Å². The zero-order valence-electron chi connectivity index (χ0n) is 18.9. The Morgan fingerprint density at radius 2 is 1.55 bits per heavy atom.